The van der Waals surface area contributed by atoms with Gasteiger partial charge in [0.1, 0.15) is 0 Å². The number of aliphatic hydroxyl groups excluding tert-OH is 1. The number of halogens is 2. The van der Waals surface area contributed by atoms with Crippen LogP contribution in [0.25, 0.3) is 0 Å². The summed E-state index contributed by atoms with van der Waals surface area (Å²) >= 11 is 12.0. The fraction of sp³-hybridized carbons (Fsp3) is 0.462. The topological polar surface area (TPSA) is 61.8 Å². The molecular weight excluding hydrogens is 303 g/mol. The largest absolute Gasteiger partial charge is 0.394 e. The van der Waals surface area contributed by atoms with Crippen LogP contribution in [-0.2, 0) is 9.53 Å². The predicted molar refractivity (Wildman–Crippen MR) is 78.4 cm³/mol. The highest BCUT2D eigenvalue weighted by Crippen LogP contribution is 2.29. The Morgan fingerprint density at radius 3 is 2.80 bits per heavy atom. The molecule has 2 rings (SSSR count). The Morgan fingerprint density at radius 1 is 1.45 bits per heavy atom. The Kier molecular flexibility index (Phi) is 5.63. The zero-order chi connectivity index (χ0) is 14.5. The smallest absolute Gasteiger partial charge is 0.238 e. The van der Waals surface area contributed by atoms with Crippen molar-refractivity contribution in [3.8, 4) is 0 Å². The van der Waals surface area contributed by atoms with Gasteiger partial charge in [-0.15, -0.1) is 0 Å². The molecule has 1 fully saturated rings. The maximum atomic E-state index is 12.0. The second-order valence-electron chi connectivity index (χ2n) is 4.56. The summed E-state index contributed by atoms with van der Waals surface area (Å²) in [5.41, 5.74) is 0.424. The molecule has 0 aromatic heterocycles. The molecule has 20 heavy (non-hydrogen) atoms. The van der Waals surface area contributed by atoms with Crippen LogP contribution < -0.4 is 5.32 Å². The number of morpholine rings is 1. The van der Waals surface area contributed by atoms with Crippen molar-refractivity contribution in [3.63, 3.8) is 0 Å². The van der Waals surface area contributed by atoms with Gasteiger partial charge in [-0.3, -0.25) is 9.69 Å². The van der Waals surface area contributed by atoms with Gasteiger partial charge in [-0.25, -0.2) is 0 Å². The molecule has 110 valence electrons. The molecule has 1 aromatic rings. The summed E-state index contributed by atoms with van der Waals surface area (Å²) in [5.74, 6) is -0.196. The van der Waals surface area contributed by atoms with Crippen LogP contribution in [0, 0.1) is 0 Å². The van der Waals surface area contributed by atoms with E-state index >= 15 is 0 Å². The number of ether oxygens (including phenoxy) is 1. The molecule has 0 spiro atoms. The minimum absolute atomic E-state index is 0.0472. The van der Waals surface area contributed by atoms with Crippen molar-refractivity contribution >= 4 is 34.8 Å². The predicted octanol–water partition coefficient (Wildman–Crippen LogP) is 1.62. The van der Waals surface area contributed by atoms with E-state index < -0.39 is 0 Å². The Labute approximate surface area is 127 Å². The van der Waals surface area contributed by atoms with E-state index in [9.17, 15) is 4.79 Å². The number of anilines is 1. The molecule has 1 heterocycles. The molecule has 1 aromatic carbocycles. The molecular formula is C13H16Cl2N2O3. The van der Waals surface area contributed by atoms with Gasteiger partial charge in [-0.2, -0.15) is 0 Å². The standard InChI is InChI=1S/C13H16Cl2N2O3/c14-10-2-1-3-11(15)13(10)16-12(19)7-17-4-5-20-9(6-17)8-18/h1-3,9,18H,4-8H2,(H,16,19). The van der Waals surface area contributed by atoms with Crippen molar-refractivity contribution in [3.05, 3.63) is 28.2 Å². The van der Waals surface area contributed by atoms with Crippen molar-refractivity contribution in [1.82, 2.24) is 4.90 Å². The molecule has 1 atom stereocenters. The van der Waals surface area contributed by atoms with E-state index in [1.54, 1.807) is 18.2 Å². The highest BCUT2D eigenvalue weighted by atomic mass is 35.5. The number of amides is 1. The summed E-state index contributed by atoms with van der Waals surface area (Å²) in [5, 5.41) is 12.6. The maximum absolute atomic E-state index is 12.0. The Balaban J connectivity index is 1.92. The van der Waals surface area contributed by atoms with Crippen LogP contribution in [0.2, 0.25) is 10.0 Å². The average Bonchev–Trinajstić information content (AvgIpc) is 2.43. The minimum atomic E-state index is -0.236. The summed E-state index contributed by atoms with van der Waals surface area (Å²) < 4.78 is 5.33. The van der Waals surface area contributed by atoms with Gasteiger partial charge in [0.25, 0.3) is 0 Å². The zero-order valence-electron chi connectivity index (χ0n) is 10.8. The van der Waals surface area contributed by atoms with Crippen LogP contribution >= 0.6 is 23.2 Å². The van der Waals surface area contributed by atoms with Crippen LogP contribution in [0.1, 0.15) is 0 Å². The van der Waals surface area contributed by atoms with Crippen molar-refractivity contribution in [1.29, 1.82) is 0 Å². The van der Waals surface area contributed by atoms with Crippen LogP contribution in [0.15, 0.2) is 18.2 Å². The summed E-state index contributed by atoms with van der Waals surface area (Å²) in [6.45, 7) is 1.85. The fourth-order valence-electron chi connectivity index (χ4n) is 2.03. The fourth-order valence-corrected chi connectivity index (χ4v) is 2.53. The van der Waals surface area contributed by atoms with E-state index in [1.807, 2.05) is 4.90 Å². The third kappa shape index (κ3) is 4.07. The molecule has 7 heteroatoms. The lowest BCUT2D eigenvalue weighted by Gasteiger charge is -2.31. The zero-order valence-corrected chi connectivity index (χ0v) is 12.3. The van der Waals surface area contributed by atoms with Crippen molar-refractivity contribution in [2.45, 2.75) is 6.10 Å². The monoisotopic (exact) mass is 318 g/mol. The number of nitrogens with one attached hydrogen (secondary N) is 1. The lowest BCUT2D eigenvalue weighted by Crippen LogP contribution is -2.46. The molecule has 0 saturated carbocycles. The van der Waals surface area contributed by atoms with Gasteiger partial charge < -0.3 is 15.2 Å². The van der Waals surface area contributed by atoms with Crippen LogP contribution in [-0.4, -0.2) is 54.9 Å². The van der Waals surface area contributed by atoms with Gasteiger partial charge in [0.05, 0.1) is 41.6 Å². The SMILES string of the molecule is O=C(CN1CCOC(CO)C1)Nc1c(Cl)cccc1Cl. The van der Waals surface area contributed by atoms with Gasteiger partial charge in [0.15, 0.2) is 0 Å². The van der Waals surface area contributed by atoms with E-state index in [4.69, 9.17) is 33.0 Å². The van der Waals surface area contributed by atoms with E-state index in [1.165, 1.54) is 0 Å². The van der Waals surface area contributed by atoms with E-state index in [0.29, 0.717) is 35.4 Å². The van der Waals surface area contributed by atoms with Gasteiger partial charge >= 0.3 is 0 Å². The van der Waals surface area contributed by atoms with Gasteiger partial charge in [0.2, 0.25) is 5.91 Å². The first-order valence-corrected chi connectivity index (χ1v) is 7.04. The van der Waals surface area contributed by atoms with E-state index in [-0.39, 0.29) is 25.2 Å². The number of benzene rings is 1. The minimum Gasteiger partial charge on any atom is -0.394 e. The lowest BCUT2D eigenvalue weighted by atomic mass is 10.2. The van der Waals surface area contributed by atoms with Crippen LogP contribution in [0.3, 0.4) is 0 Å². The number of rotatable bonds is 4. The van der Waals surface area contributed by atoms with Crippen molar-refractivity contribution in [2.75, 3.05) is 38.2 Å². The first kappa shape index (κ1) is 15.5. The third-order valence-corrected chi connectivity index (χ3v) is 3.65. The number of para-hydroxylation sites is 1. The Hall–Kier alpha value is -0.850. The van der Waals surface area contributed by atoms with E-state index in [2.05, 4.69) is 5.32 Å². The first-order chi connectivity index (χ1) is 9.60. The molecule has 1 saturated heterocycles. The number of hydrogen-bond donors (Lipinski definition) is 2. The number of aliphatic hydroxyl groups is 1. The summed E-state index contributed by atoms with van der Waals surface area (Å²) in [4.78, 5) is 13.9. The molecule has 2 N–H and O–H groups in total. The summed E-state index contributed by atoms with van der Waals surface area (Å²) in [7, 11) is 0. The van der Waals surface area contributed by atoms with Gasteiger partial charge in [-0.05, 0) is 12.1 Å². The van der Waals surface area contributed by atoms with Crippen LogP contribution in [0.5, 0.6) is 0 Å². The third-order valence-electron chi connectivity index (χ3n) is 3.02. The lowest BCUT2D eigenvalue weighted by molar-refractivity contribution is -0.120. The molecule has 0 aliphatic carbocycles. The molecule has 0 radical (unpaired) electrons. The van der Waals surface area contributed by atoms with Crippen molar-refractivity contribution < 1.29 is 14.6 Å². The quantitative estimate of drug-likeness (QED) is 0.885. The molecule has 1 amide bonds. The number of carbonyl (C=O) groups excluding carboxylic acids is 1. The first-order valence-electron chi connectivity index (χ1n) is 6.29. The molecule has 0 bridgehead atoms. The summed E-state index contributed by atoms with van der Waals surface area (Å²) in [6.07, 6.45) is -0.236. The molecule has 1 aliphatic rings. The summed E-state index contributed by atoms with van der Waals surface area (Å²) in [6, 6.07) is 5.05. The second-order valence-corrected chi connectivity index (χ2v) is 5.37. The Bertz CT molecular complexity index is 464. The highest BCUT2D eigenvalue weighted by molar-refractivity contribution is 6.39. The van der Waals surface area contributed by atoms with Crippen LogP contribution in [0.4, 0.5) is 5.69 Å². The van der Waals surface area contributed by atoms with Gasteiger partial charge in [0, 0.05) is 13.1 Å². The van der Waals surface area contributed by atoms with E-state index in [0.717, 1.165) is 0 Å². The molecule has 1 unspecified atom stereocenters. The van der Waals surface area contributed by atoms with Gasteiger partial charge in [-0.1, -0.05) is 29.3 Å². The number of hydrogen-bond acceptors (Lipinski definition) is 4. The molecule has 1 aliphatic heterocycles. The highest BCUT2D eigenvalue weighted by Gasteiger charge is 2.22. The average molecular weight is 319 g/mol. The normalized spacial score (nSPS) is 19.9. The number of nitrogens with zero attached hydrogens (tertiary/aromatic N) is 1. The molecule has 5 nitrogen and oxygen atoms in total. The van der Waals surface area contributed by atoms with Crippen molar-refractivity contribution in [2.24, 2.45) is 0 Å². The Morgan fingerprint density at radius 2 is 2.15 bits per heavy atom. The second kappa shape index (κ2) is 7.24. The maximum Gasteiger partial charge on any atom is 0.238 e. The number of carbonyl (C=O) groups is 1.